The summed E-state index contributed by atoms with van der Waals surface area (Å²) < 4.78 is 30.3. The van der Waals surface area contributed by atoms with Crippen molar-refractivity contribution in [1.82, 2.24) is 0 Å². The largest absolute Gasteiger partial charge is 0.478 e. The lowest BCUT2D eigenvalue weighted by atomic mass is 10.1. The zero-order chi connectivity index (χ0) is 11.6. The molecule has 6 nitrogen and oxygen atoms in total. The van der Waals surface area contributed by atoms with Crippen LogP contribution in [0.5, 0.6) is 0 Å². The molecule has 0 spiro atoms. The van der Waals surface area contributed by atoms with Crippen molar-refractivity contribution < 1.29 is 27.7 Å². The van der Waals surface area contributed by atoms with Crippen LogP contribution in [-0.4, -0.2) is 30.3 Å². The zero-order valence-corrected chi connectivity index (χ0v) is 8.06. The summed E-state index contributed by atoms with van der Waals surface area (Å²) in [5.41, 5.74) is -1.03. The number of aldehydes is 1. The molecule has 0 heterocycles. The molecule has 2 N–H and O–H groups in total. The molecule has 1 aromatic rings. The first kappa shape index (κ1) is 11.3. The van der Waals surface area contributed by atoms with Crippen molar-refractivity contribution in [2.24, 2.45) is 0 Å². The SMILES string of the molecule is O=Cc1c(C(=O)O)cccc1S(=O)(=O)O. The van der Waals surface area contributed by atoms with Gasteiger partial charge in [0.25, 0.3) is 10.1 Å². The fraction of sp³-hybridized carbons (Fsp3) is 0. The number of hydrogen-bond donors (Lipinski definition) is 2. The van der Waals surface area contributed by atoms with Gasteiger partial charge in [-0.05, 0) is 12.1 Å². The maximum atomic E-state index is 10.8. The van der Waals surface area contributed by atoms with Gasteiger partial charge in [-0.2, -0.15) is 8.42 Å². The van der Waals surface area contributed by atoms with Crippen molar-refractivity contribution in [1.29, 1.82) is 0 Å². The van der Waals surface area contributed by atoms with Gasteiger partial charge >= 0.3 is 5.97 Å². The molecular formula is C8H6O6S. The van der Waals surface area contributed by atoms with Crippen molar-refractivity contribution >= 4 is 22.4 Å². The highest BCUT2D eigenvalue weighted by molar-refractivity contribution is 7.86. The molecule has 1 aromatic carbocycles. The Morgan fingerprint density at radius 3 is 2.33 bits per heavy atom. The van der Waals surface area contributed by atoms with E-state index >= 15 is 0 Å². The lowest BCUT2D eigenvalue weighted by Crippen LogP contribution is -2.09. The highest BCUT2D eigenvalue weighted by Gasteiger charge is 2.20. The molecule has 0 atom stereocenters. The van der Waals surface area contributed by atoms with E-state index in [0.29, 0.717) is 0 Å². The average Bonchev–Trinajstić information content (AvgIpc) is 2.15. The number of carbonyl (C=O) groups is 2. The minimum atomic E-state index is -4.60. The first-order valence-electron chi connectivity index (χ1n) is 3.67. The van der Waals surface area contributed by atoms with Gasteiger partial charge in [0.15, 0.2) is 6.29 Å². The smallest absolute Gasteiger partial charge is 0.336 e. The van der Waals surface area contributed by atoms with Crippen LogP contribution in [0.1, 0.15) is 20.7 Å². The van der Waals surface area contributed by atoms with Gasteiger partial charge in [0.1, 0.15) is 4.90 Å². The van der Waals surface area contributed by atoms with Crippen molar-refractivity contribution in [3.63, 3.8) is 0 Å². The van der Waals surface area contributed by atoms with Crippen LogP contribution < -0.4 is 0 Å². The summed E-state index contributed by atoms with van der Waals surface area (Å²) in [5, 5.41) is 8.65. The van der Waals surface area contributed by atoms with Crippen LogP contribution in [0, 0.1) is 0 Å². The van der Waals surface area contributed by atoms with Gasteiger partial charge < -0.3 is 5.11 Å². The van der Waals surface area contributed by atoms with Crippen LogP contribution in [0.2, 0.25) is 0 Å². The highest BCUT2D eigenvalue weighted by atomic mass is 32.2. The van der Waals surface area contributed by atoms with Gasteiger partial charge in [-0.15, -0.1) is 0 Å². The Morgan fingerprint density at radius 2 is 1.93 bits per heavy atom. The molecule has 0 aliphatic carbocycles. The van der Waals surface area contributed by atoms with Crippen LogP contribution in [0.25, 0.3) is 0 Å². The van der Waals surface area contributed by atoms with E-state index in [1.165, 1.54) is 0 Å². The van der Waals surface area contributed by atoms with Crippen molar-refractivity contribution in [3.8, 4) is 0 Å². The van der Waals surface area contributed by atoms with E-state index in [-0.39, 0.29) is 6.29 Å². The van der Waals surface area contributed by atoms with Gasteiger partial charge in [0, 0.05) is 5.56 Å². The molecule has 0 aliphatic heterocycles. The summed E-state index contributed by atoms with van der Waals surface area (Å²) in [7, 11) is -4.60. The lowest BCUT2D eigenvalue weighted by molar-refractivity contribution is 0.0693. The monoisotopic (exact) mass is 230 g/mol. The Hall–Kier alpha value is -1.73. The van der Waals surface area contributed by atoms with Gasteiger partial charge in [-0.25, -0.2) is 4.79 Å². The van der Waals surface area contributed by atoms with E-state index in [2.05, 4.69) is 0 Å². The molecule has 0 unspecified atom stereocenters. The molecule has 80 valence electrons. The third-order valence-corrected chi connectivity index (χ3v) is 2.60. The summed E-state index contributed by atoms with van der Waals surface area (Å²) in [6, 6.07) is 3.14. The number of hydrogen-bond acceptors (Lipinski definition) is 4. The van der Waals surface area contributed by atoms with E-state index in [1.807, 2.05) is 0 Å². The average molecular weight is 230 g/mol. The Morgan fingerprint density at radius 1 is 1.33 bits per heavy atom. The number of rotatable bonds is 3. The summed E-state index contributed by atoms with van der Waals surface area (Å²) in [4.78, 5) is 20.5. The van der Waals surface area contributed by atoms with Gasteiger partial charge in [0.05, 0.1) is 5.56 Å². The predicted octanol–water partition coefficient (Wildman–Crippen LogP) is 0.444. The van der Waals surface area contributed by atoms with E-state index in [4.69, 9.17) is 9.66 Å². The molecule has 15 heavy (non-hydrogen) atoms. The quantitative estimate of drug-likeness (QED) is 0.576. The second-order valence-electron chi connectivity index (χ2n) is 2.62. The van der Waals surface area contributed by atoms with Crippen LogP contribution in [-0.2, 0) is 10.1 Å². The van der Waals surface area contributed by atoms with Crippen LogP contribution in [0.3, 0.4) is 0 Å². The van der Waals surface area contributed by atoms with E-state index < -0.39 is 32.1 Å². The Kier molecular flexibility index (Phi) is 2.87. The topological polar surface area (TPSA) is 109 Å². The van der Waals surface area contributed by atoms with Gasteiger partial charge in [-0.1, -0.05) is 6.07 Å². The molecule has 0 aromatic heterocycles. The molecule has 0 saturated carbocycles. The Balaban J connectivity index is 3.63. The lowest BCUT2D eigenvalue weighted by Gasteiger charge is -2.03. The first-order valence-corrected chi connectivity index (χ1v) is 5.11. The second kappa shape index (κ2) is 3.79. The Labute approximate surface area is 84.9 Å². The summed E-state index contributed by atoms with van der Waals surface area (Å²) in [6.07, 6.45) is 0.0759. The molecule has 0 amide bonds. The summed E-state index contributed by atoms with van der Waals surface area (Å²) in [6.45, 7) is 0. The van der Waals surface area contributed by atoms with Gasteiger partial charge in [0.2, 0.25) is 0 Å². The summed E-state index contributed by atoms with van der Waals surface area (Å²) in [5.74, 6) is -1.44. The number of carboxylic acid groups (broad SMARTS) is 1. The van der Waals surface area contributed by atoms with Crippen LogP contribution >= 0.6 is 0 Å². The highest BCUT2D eigenvalue weighted by Crippen LogP contribution is 2.17. The Bertz CT molecular complexity index is 516. The number of carboxylic acids is 1. The van der Waals surface area contributed by atoms with Crippen molar-refractivity contribution in [2.45, 2.75) is 4.90 Å². The molecule has 0 bridgehead atoms. The minimum absolute atomic E-state index is 0.0759. The molecule has 7 heteroatoms. The molecule has 0 saturated heterocycles. The molecule has 0 radical (unpaired) electrons. The van der Waals surface area contributed by atoms with Crippen molar-refractivity contribution in [3.05, 3.63) is 29.3 Å². The standard InChI is InChI=1S/C8H6O6S/c9-4-6-5(8(10)11)2-1-3-7(6)15(12,13)14/h1-4H,(H,10,11)(H,12,13,14). The first-order chi connectivity index (χ1) is 6.88. The fourth-order valence-electron chi connectivity index (χ4n) is 1.08. The molecular weight excluding hydrogens is 224 g/mol. The number of benzene rings is 1. The summed E-state index contributed by atoms with van der Waals surface area (Å²) >= 11 is 0. The van der Waals surface area contributed by atoms with Gasteiger partial charge in [-0.3, -0.25) is 9.35 Å². The van der Waals surface area contributed by atoms with Crippen LogP contribution in [0.4, 0.5) is 0 Å². The van der Waals surface area contributed by atoms with Crippen LogP contribution in [0.15, 0.2) is 23.1 Å². The third-order valence-electron chi connectivity index (χ3n) is 1.69. The normalized spacial score (nSPS) is 11.0. The van der Waals surface area contributed by atoms with E-state index in [1.54, 1.807) is 0 Å². The number of carbonyl (C=O) groups excluding carboxylic acids is 1. The zero-order valence-electron chi connectivity index (χ0n) is 7.25. The number of aromatic carboxylic acids is 1. The maximum Gasteiger partial charge on any atom is 0.336 e. The van der Waals surface area contributed by atoms with Crippen molar-refractivity contribution in [2.75, 3.05) is 0 Å². The van der Waals surface area contributed by atoms with E-state index in [0.717, 1.165) is 18.2 Å². The molecule has 0 aliphatic rings. The molecule has 1 rings (SSSR count). The maximum absolute atomic E-state index is 10.8. The molecule has 0 fully saturated rings. The van der Waals surface area contributed by atoms with E-state index in [9.17, 15) is 18.0 Å². The third kappa shape index (κ3) is 2.20. The second-order valence-corrected chi connectivity index (χ2v) is 4.01. The minimum Gasteiger partial charge on any atom is -0.478 e. The predicted molar refractivity (Wildman–Crippen MR) is 48.6 cm³/mol. The fourth-order valence-corrected chi connectivity index (χ4v) is 1.76.